The van der Waals surface area contributed by atoms with E-state index >= 15 is 0 Å². The predicted octanol–water partition coefficient (Wildman–Crippen LogP) is 5.48. The van der Waals surface area contributed by atoms with Gasteiger partial charge in [-0.05, 0) is 36.8 Å². The van der Waals surface area contributed by atoms with Crippen LogP contribution in [0, 0.1) is 11.8 Å². The summed E-state index contributed by atoms with van der Waals surface area (Å²) in [5.74, 6) is 1.80. The lowest BCUT2D eigenvalue weighted by Gasteiger charge is -2.46. The van der Waals surface area contributed by atoms with E-state index in [-0.39, 0.29) is 6.10 Å². The zero-order valence-corrected chi connectivity index (χ0v) is 15.2. The molecule has 5 atom stereocenters. The van der Waals surface area contributed by atoms with Gasteiger partial charge in [0.1, 0.15) is 0 Å². The van der Waals surface area contributed by atoms with Crippen LogP contribution in [0.2, 0.25) is 0 Å². The summed E-state index contributed by atoms with van der Waals surface area (Å²) < 4.78 is 6.28. The zero-order chi connectivity index (χ0) is 17.4. The third-order valence-electron chi connectivity index (χ3n) is 6.27. The zero-order valence-electron chi connectivity index (χ0n) is 15.2. The predicted molar refractivity (Wildman–Crippen MR) is 102 cm³/mol. The molecule has 1 aliphatic carbocycles. The summed E-state index contributed by atoms with van der Waals surface area (Å²) in [6, 6.07) is 7.00. The first-order valence-electron chi connectivity index (χ1n) is 9.76. The van der Waals surface area contributed by atoms with Crippen LogP contribution in [0.5, 0.6) is 0 Å². The van der Waals surface area contributed by atoms with E-state index < -0.39 is 0 Å². The van der Waals surface area contributed by atoms with Gasteiger partial charge in [0.05, 0.1) is 11.9 Å². The quantitative estimate of drug-likeness (QED) is 0.766. The Labute approximate surface area is 150 Å². The van der Waals surface area contributed by atoms with Crippen LogP contribution in [-0.4, -0.2) is 17.8 Å². The lowest BCUT2D eigenvalue weighted by molar-refractivity contribution is -0.0422. The number of aliphatic hydroxyl groups is 1. The van der Waals surface area contributed by atoms with E-state index in [1.54, 1.807) is 0 Å². The molecule has 2 aliphatic heterocycles. The van der Waals surface area contributed by atoms with Gasteiger partial charge in [-0.3, -0.25) is 0 Å². The maximum Gasteiger partial charge on any atom is 0.0929 e. The summed E-state index contributed by atoms with van der Waals surface area (Å²) in [4.78, 5) is 0. The number of aliphatic hydroxyl groups excluding tert-OH is 1. The van der Waals surface area contributed by atoms with Gasteiger partial charge in [-0.25, -0.2) is 0 Å². The number of hydrogen-bond acceptors (Lipinski definition) is 3. The van der Waals surface area contributed by atoms with Crippen LogP contribution in [0.3, 0.4) is 0 Å². The van der Waals surface area contributed by atoms with Gasteiger partial charge in [-0.15, -0.1) is 0 Å². The van der Waals surface area contributed by atoms with Crippen molar-refractivity contribution in [2.24, 2.45) is 11.8 Å². The Balaban J connectivity index is 1.74. The molecule has 0 radical (unpaired) electrons. The van der Waals surface area contributed by atoms with Crippen molar-refractivity contribution in [3.05, 3.63) is 53.3 Å². The molecule has 0 amide bonds. The van der Waals surface area contributed by atoms with Crippen LogP contribution in [0.1, 0.15) is 62.7 Å². The van der Waals surface area contributed by atoms with Crippen molar-refractivity contribution in [1.29, 1.82) is 0 Å². The summed E-state index contributed by atoms with van der Waals surface area (Å²) in [6.07, 6.45) is 10.4. The van der Waals surface area contributed by atoms with Gasteiger partial charge < -0.3 is 15.2 Å². The molecule has 2 heterocycles. The van der Waals surface area contributed by atoms with Gasteiger partial charge in [-0.2, -0.15) is 0 Å². The largest absolute Gasteiger partial charge is 0.512 e. The van der Waals surface area contributed by atoms with E-state index in [1.807, 2.05) is 12.2 Å². The highest BCUT2D eigenvalue weighted by Crippen LogP contribution is 2.48. The number of allylic oxidation sites excluding steroid dienone is 3. The Bertz CT molecular complexity index is 693. The molecule has 1 fully saturated rings. The number of fused-ring (bicyclic) bond motifs is 3. The SMILES string of the molecule is CCC(C)c1cccc2c1N[C@@H](C1C=CC=C(O)C1)[C@@H]1CCCO[C@H]21. The fraction of sp³-hybridized carbons (Fsp3) is 0.545. The van der Waals surface area contributed by atoms with E-state index in [4.69, 9.17) is 4.74 Å². The first-order chi connectivity index (χ1) is 12.2. The number of nitrogens with one attached hydrogen (secondary N) is 1. The fourth-order valence-electron chi connectivity index (χ4n) is 4.75. The van der Waals surface area contributed by atoms with E-state index in [2.05, 4.69) is 43.4 Å². The molecule has 2 N–H and O–H groups in total. The van der Waals surface area contributed by atoms with Crippen molar-refractivity contribution in [3.8, 4) is 0 Å². The molecule has 0 saturated carbocycles. The second-order valence-electron chi connectivity index (χ2n) is 7.80. The molecule has 0 aromatic heterocycles. The summed E-state index contributed by atoms with van der Waals surface area (Å²) in [5.41, 5.74) is 4.02. The van der Waals surface area contributed by atoms with Crippen LogP contribution in [-0.2, 0) is 4.74 Å². The Morgan fingerprint density at radius 3 is 3.04 bits per heavy atom. The number of para-hydroxylation sites is 1. The van der Waals surface area contributed by atoms with Crippen molar-refractivity contribution >= 4 is 5.69 Å². The maximum atomic E-state index is 10.0. The van der Waals surface area contributed by atoms with Crippen LogP contribution in [0.25, 0.3) is 0 Å². The average Bonchev–Trinajstić information content (AvgIpc) is 2.66. The first kappa shape index (κ1) is 16.7. The van der Waals surface area contributed by atoms with Gasteiger partial charge >= 0.3 is 0 Å². The lowest BCUT2D eigenvalue weighted by Crippen LogP contribution is -2.45. The van der Waals surface area contributed by atoms with Crippen molar-refractivity contribution in [2.45, 2.75) is 57.6 Å². The highest BCUT2D eigenvalue weighted by atomic mass is 16.5. The van der Waals surface area contributed by atoms with Gasteiger partial charge in [-0.1, -0.05) is 44.2 Å². The molecule has 0 bridgehead atoms. The molecule has 1 aromatic carbocycles. The molecule has 4 rings (SSSR count). The molecular formula is C22H29NO2. The minimum atomic E-state index is 0.181. The van der Waals surface area contributed by atoms with E-state index in [9.17, 15) is 5.11 Å². The van der Waals surface area contributed by atoms with Gasteiger partial charge in [0.15, 0.2) is 0 Å². The van der Waals surface area contributed by atoms with E-state index in [0.29, 0.717) is 29.6 Å². The maximum absolute atomic E-state index is 10.0. The van der Waals surface area contributed by atoms with Crippen LogP contribution >= 0.6 is 0 Å². The molecule has 25 heavy (non-hydrogen) atoms. The number of ether oxygens (including phenoxy) is 1. The van der Waals surface area contributed by atoms with Gasteiger partial charge in [0.2, 0.25) is 0 Å². The standard InChI is InChI=1S/C22H29NO2/c1-3-14(2)17-9-5-10-19-21(17)23-20(15-7-4-8-16(24)13-15)18-11-6-12-25-22(18)19/h4-5,7-10,14-15,18,20,22-24H,3,6,11-13H2,1-2H3/t14?,15?,18-,20-,22-/m0/s1. The second kappa shape index (κ2) is 6.87. The summed E-state index contributed by atoms with van der Waals surface area (Å²) in [7, 11) is 0. The van der Waals surface area contributed by atoms with Gasteiger partial charge in [0, 0.05) is 42.2 Å². The number of hydrogen-bond donors (Lipinski definition) is 2. The van der Waals surface area contributed by atoms with Crippen LogP contribution in [0.15, 0.2) is 42.2 Å². The Kier molecular flexibility index (Phi) is 4.60. The highest BCUT2D eigenvalue weighted by molar-refractivity contribution is 5.63. The van der Waals surface area contributed by atoms with Crippen molar-refractivity contribution in [1.82, 2.24) is 0 Å². The molecular weight excluding hydrogens is 310 g/mol. The van der Waals surface area contributed by atoms with Crippen molar-refractivity contribution < 1.29 is 9.84 Å². The normalized spacial score (nSPS) is 32.2. The number of rotatable bonds is 3. The smallest absolute Gasteiger partial charge is 0.0929 e. The molecule has 0 spiro atoms. The van der Waals surface area contributed by atoms with Crippen molar-refractivity contribution in [2.75, 3.05) is 11.9 Å². The van der Waals surface area contributed by atoms with Crippen molar-refractivity contribution in [3.63, 3.8) is 0 Å². The molecule has 3 aliphatic rings. The van der Waals surface area contributed by atoms with E-state index in [1.165, 1.54) is 23.2 Å². The molecule has 3 heteroatoms. The fourth-order valence-corrected chi connectivity index (χ4v) is 4.75. The molecule has 1 aromatic rings. The second-order valence-corrected chi connectivity index (χ2v) is 7.80. The number of benzene rings is 1. The topological polar surface area (TPSA) is 41.5 Å². The Morgan fingerprint density at radius 2 is 2.24 bits per heavy atom. The number of anilines is 1. The third kappa shape index (κ3) is 2.99. The Morgan fingerprint density at radius 1 is 1.36 bits per heavy atom. The molecule has 1 saturated heterocycles. The third-order valence-corrected chi connectivity index (χ3v) is 6.27. The average molecular weight is 339 g/mol. The summed E-state index contributed by atoms with van der Waals surface area (Å²) in [5, 5.41) is 13.9. The Hall–Kier alpha value is -1.74. The van der Waals surface area contributed by atoms with E-state index in [0.717, 1.165) is 25.9 Å². The minimum absolute atomic E-state index is 0.181. The molecule has 3 nitrogen and oxygen atoms in total. The van der Waals surface area contributed by atoms with Gasteiger partial charge in [0.25, 0.3) is 0 Å². The monoisotopic (exact) mass is 339 g/mol. The van der Waals surface area contributed by atoms with Crippen LogP contribution in [0.4, 0.5) is 5.69 Å². The molecule has 134 valence electrons. The minimum Gasteiger partial charge on any atom is -0.512 e. The van der Waals surface area contributed by atoms with Crippen LogP contribution < -0.4 is 5.32 Å². The summed E-state index contributed by atoms with van der Waals surface area (Å²) >= 11 is 0. The summed E-state index contributed by atoms with van der Waals surface area (Å²) in [6.45, 7) is 5.40. The first-order valence-corrected chi connectivity index (χ1v) is 9.76. The highest BCUT2D eigenvalue weighted by Gasteiger charge is 2.42. The molecule has 2 unspecified atom stereocenters. The lowest BCUT2D eigenvalue weighted by atomic mass is 9.72.